The molecule has 0 amide bonds. The predicted octanol–water partition coefficient (Wildman–Crippen LogP) is 2.84. The molecule has 1 unspecified atom stereocenters. The van der Waals surface area contributed by atoms with Crippen molar-refractivity contribution in [1.82, 2.24) is 0 Å². The zero-order valence-electron chi connectivity index (χ0n) is 6.62. The first-order chi connectivity index (χ1) is 5.63. The summed E-state index contributed by atoms with van der Waals surface area (Å²) >= 11 is 9.58. The standard InChI is InChI=1S/C9H9ClOS/c1-6(9(10)11)7-4-2-3-5-8(7)12/h2-6,12H,1H3. The van der Waals surface area contributed by atoms with Crippen LogP contribution in [0.25, 0.3) is 0 Å². The first-order valence-electron chi connectivity index (χ1n) is 3.60. The van der Waals surface area contributed by atoms with Crippen LogP contribution >= 0.6 is 24.2 Å². The zero-order chi connectivity index (χ0) is 9.14. The topological polar surface area (TPSA) is 17.1 Å². The molecule has 0 aliphatic carbocycles. The van der Waals surface area contributed by atoms with Crippen LogP contribution in [-0.2, 0) is 4.79 Å². The third-order valence-corrected chi connectivity index (χ3v) is 2.48. The summed E-state index contributed by atoms with van der Waals surface area (Å²) in [5, 5.41) is -0.350. The zero-order valence-corrected chi connectivity index (χ0v) is 8.27. The lowest BCUT2D eigenvalue weighted by Gasteiger charge is -2.08. The number of hydrogen-bond donors (Lipinski definition) is 1. The first kappa shape index (κ1) is 9.62. The Morgan fingerprint density at radius 2 is 2.08 bits per heavy atom. The molecule has 64 valence electrons. The van der Waals surface area contributed by atoms with Gasteiger partial charge in [-0.15, -0.1) is 12.6 Å². The monoisotopic (exact) mass is 200 g/mol. The van der Waals surface area contributed by atoms with E-state index in [2.05, 4.69) is 12.6 Å². The number of carbonyl (C=O) groups is 1. The van der Waals surface area contributed by atoms with Crippen molar-refractivity contribution >= 4 is 29.5 Å². The highest BCUT2D eigenvalue weighted by Crippen LogP contribution is 2.24. The van der Waals surface area contributed by atoms with Gasteiger partial charge in [-0.25, -0.2) is 0 Å². The molecule has 0 radical (unpaired) electrons. The van der Waals surface area contributed by atoms with Crippen molar-refractivity contribution in [3.8, 4) is 0 Å². The summed E-state index contributed by atoms with van der Waals surface area (Å²) in [6, 6.07) is 7.44. The minimum Gasteiger partial charge on any atom is -0.281 e. The van der Waals surface area contributed by atoms with E-state index in [1.165, 1.54) is 0 Å². The maximum absolute atomic E-state index is 10.8. The Bertz CT molecular complexity index is 298. The molecule has 1 rings (SSSR count). The Labute approximate surface area is 82.1 Å². The van der Waals surface area contributed by atoms with Gasteiger partial charge in [0.25, 0.3) is 0 Å². The maximum Gasteiger partial charge on any atom is 0.228 e. The highest BCUT2D eigenvalue weighted by Gasteiger charge is 2.13. The molecule has 1 aromatic carbocycles. The van der Waals surface area contributed by atoms with Crippen molar-refractivity contribution in [1.29, 1.82) is 0 Å². The van der Waals surface area contributed by atoms with E-state index in [1.807, 2.05) is 24.3 Å². The van der Waals surface area contributed by atoms with Gasteiger partial charge in [-0.3, -0.25) is 4.79 Å². The number of halogens is 1. The third kappa shape index (κ3) is 2.02. The van der Waals surface area contributed by atoms with Crippen LogP contribution in [0.2, 0.25) is 0 Å². The molecule has 12 heavy (non-hydrogen) atoms. The van der Waals surface area contributed by atoms with Gasteiger partial charge in [0, 0.05) is 4.90 Å². The summed E-state index contributed by atoms with van der Waals surface area (Å²) in [4.78, 5) is 11.6. The summed E-state index contributed by atoms with van der Waals surface area (Å²) in [6.45, 7) is 1.77. The molecule has 0 N–H and O–H groups in total. The van der Waals surface area contributed by atoms with Gasteiger partial charge in [0.05, 0.1) is 5.92 Å². The van der Waals surface area contributed by atoms with Crippen LogP contribution in [0.4, 0.5) is 0 Å². The normalized spacial score (nSPS) is 12.6. The molecular weight excluding hydrogens is 192 g/mol. The van der Waals surface area contributed by atoms with E-state index in [0.717, 1.165) is 10.5 Å². The molecule has 0 saturated heterocycles. The predicted molar refractivity (Wildman–Crippen MR) is 53.0 cm³/mol. The van der Waals surface area contributed by atoms with Crippen LogP contribution in [0.1, 0.15) is 18.4 Å². The lowest BCUT2D eigenvalue weighted by Crippen LogP contribution is -2.02. The molecule has 0 heterocycles. The second kappa shape index (κ2) is 3.97. The van der Waals surface area contributed by atoms with Gasteiger partial charge in [-0.1, -0.05) is 25.1 Å². The molecule has 0 aromatic heterocycles. The molecule has 0 spiro atoms. The quantitative estimate of drug-likeness (QED) is 0.574. The van der Waals surface area contributed by atoms with E-state index in [9.17, 15) is 4.79 Å². The third-order valence-electron chi connectivity index (χ3n) is 1.74. The fourth-order valence-corrected chi connectivity index (χ4v) is 1.45. The van der Waals surface area contributed by atoms with Gasteiger partial charge >= 0.3 is 0 Å². The van der Waals surface area contributed by atoms with Crippen LogP contribution in [0.3, 0.4) is 0 Å². The number of thiol groups is 1. The maximum atomic E-state index is 10.8. The summed E-state index contributed by atoms with van der Waals surface area (Å²) < 4.78 is 0. The molecular formula is C9H9ClOS. The van der Waals surface area contributed by atoms with E-state index in [0.29, 0.717) is 0 Å². The molecule has 1 atom stereocenters. The van der Waals surface area contributed by atoms with Crippen LogP contribution in [0.15, 0.2) is 29.2 Å². The van der Waals surface area contributed by atoms with Gasteiger partial charge < -0.3 is 0 Å². The smallest absolute Gasteiger partial charge is 0.228 e. The van der Waals surface area contributed by atoms with Crippen LogP contribution in [-0.4, -0.2) is 5.24 Å². The van der Waals surface area contributed by atoms with Crippen LogP contribution in [0.5, 0.6) is 0 Å². The number of carbonyl (C=O) groups excluding carboxylic acids is 1. The van der Waals surface area contributed by atoms with Crippen molar-refractivity contribution in [3.63, 3.8) is 0 Å². The molecule has 0 aliphatic heterocycles. The largest absolute Gasteiger partial charge is 0.281 e. The van der Waals surface area contributed by atoms with Crippen LogP contribution in [0, 0.1) is 0 Å². The minimum absolute atomic E-state index is 0.277. The van der Waals surface area contributed by atoms with Gasteiger partial charge in [0.2, 0.25) is 5.24 Å². The van der Waals surface area contributed by atoms with Gasteiger partial charge in [0.15, 0.2) is 0 Å². The van der Waals surface area contributed by atoms with E-state index in [-0.39, 0.29) is 11.2 Å². The molecule has 0 aliphatic rings. The lowest BCUT2D eigenvalue weighted by molar-refractivity contribution is -0.112. The Morgan fingerprint density at radius 3 is 2.58 bits per heavy atom. The van der Waals surface area contributed by atoms with E-state index < -0.39 is 0 Å². The number of benzene rings is 1. The molecule has 1 nitrogen and oxygen atoms in total. The summed E-state index contributed by atoms with van der Waals surface area (Å²) in [5.74, 6) is -0.277. The average molecular weight is 201 g/mol. The Hall–Kier alpha value is -0.470. The fourth-order valence-electron chi connectivity index (χ4n) is 0.976. The molecule has 1 aromatic rings. The Kier molecular flexibility index (Phi) is 3.18. The fraction of sp³-hybridized carbons (Fsp3) is 0.222. The molecule has 3 heteroatoms. The Balaban J connectivity index is 3.02. The highest BCUT2D eigenvalue weighted by molar-refractivity contribution is 7.80. The van der Waals surface area contributed by atoms with Gasteiger partial charge in [0.1, 0.15) is 0 Å². The average Bonchev–Trinajstić information content (AvgIpc) is 2.04. The van der Waals surface area contributed by atoms with Crippen LogP contribution < -0.4 is 0 Å². The molecule has 0 fully saturated rings. The summed E-state index contributed by atoms with van der Waals surface area (Å²) in [5.41, 5.74) is 0.876. The lowest BCUT2D eigenvalue weighted by atomic mass is 10.0. The summed E-state index contributed by atoms with van der Waals surface area (Å²) in [6.07, 6.45) is 0. The van der Waals surface area contributed by atoms with Crippen molar-refractivity contribution in [3.05, 3.63) is 29.8 Å². The van der Waals surface area contributed by atoms with Crippen molar-refractivity contribution in [2.24, 2.45) is 0 Å². The van der Waals surface area contributed by atoms with Gasteiger partial charge in [-0.2, -0.15) is 0 Å². The van der Waals surface area contributed by atoms with Gasteiger partial charge in [-0.05, 0) is 23.2 Å². The molecule has 0 saturated carbocycles. The SMILES string of the molecule is CC(C(=O)Cl)c1ccccc1S. The highest BCUT2D eigenvalue weighted by atomic mass is 35.5. The minimum atomic E-state index is -0.350. The van der Waals surface area contributed by atoms with E-state index in [1.54, 1.807) is 6.92 Å². The second-order valence-electron chi connectivity index (χ2n) is 2.58. The van der Waals surface area contributed by atoms with Crippen molar-refractivity contribution in [2.45, 2.75) is 17.7 Å². The number of rotatable bonds is 2. The Morgan fingerprint density at radius 1 is 1.50 bits per heavy atom. The number of hydrogen-bond acceptors (Lipinski definition) is 2. The second-order valence-corrected chi connectivity index (χ2v) is 3.44. The molecule has 0 bridgehead atoms. The van der Waals surface area contributed by atoms with Crippen molar-refractivity contribution in [2.75, 3.05) is 0 Å². The van der Waals surface area contributed by atoms with E-state index in [4.69, 9.17) is 11.6 Å². The first-order valence-corrected chi connectivity index (χ1v) is 4.42. The van der Waals surface area contributed by atoms with E-state index >= 15 is 0 Å². The van der Waals surface area contributed by atoms with Crippen molar-refractivity contribution < 1.29 is 4.79 Å². The summed E-state index contributed by atoms with van der Waals surface area (Å²) in [7, 11) is 0.